The summed E-state index contributed by atoms with van der Waals surface area (Å²) in [5.74, 6) is 0. The summed E-state index contributed by atoms with van der Waals surface area (Å²) in [7, 11) is 0. The number of hydrogen-bond acceptors (Lipinski definition) is 3. The fourth-order valence-corrected chi connectivity index (χ4v) is 0.383. The molecular formula is C4H2F3NO2. The van der Waals surface area contributed by atoms with E-state index in [2.05, 4.69) is 14.5 Å². The molecule has 1 heterocycles. The average Bonchev–Trinajstić information content (AvgIpc) is 2.12. The normalized spacial score (nSPS) is 24.9. The third kappa shape index (κ3) is 2.22. The molecule has 0 N–H and O–H groups in total. The molecule has 0 aliphatic carbocycles. The van der Waals surface area contributed by atoms with Crippen LogP contribution in [0.4, 0.5) is 13.2 Å². The van der Waals surface area contributed by atoms with E-state index in [1.807, 2.05) is 6.54 Å². The Kier molecular flexibility index (Phi) is 1.80. The predicted molar refractivity (Wildman–Crippen MR) is 23.7 cm³/mol. The van der Waals surface area contributed by atoms with Crippen LogP contribution in [0.25, 0.3) is 0 Å². The van der Waals surface area contributed by atoms with Crippen LogP contribution in [0.1, 0.15) is 0 Å². The molecule has 0 fully saturated rings. The smallest absolute Gasteiger partial charge is 0.452 e. The van der Waals surface area contributed by atoms with Crippen molar-refractivity contribution in [3.63, 3.8) is 0 Å². The van der Waals surface area contributed by atoms with Gasteiger partial charge in [0.25, 0.3) is 0 Å². The number of rotatable bonds is 1. The van der Waals surface area contributed by atoms with Gasteiger partial charge in [-0.15, -0.1) is 13.2 Å². The van der Waals surface area contributed by atoms with Crippen LogP contribution < -0.4 is 0 Å². The zero-order valence-electron chi connectivity index (χ0n) is 4.55. The van der Waals surface area contributed by atoms with Gasteiger partial charge in [-0.2, -0.15) is 0 Å². The molecule has 0 saturated carbocycles. The van der Waals surface area contributed by atoms with Crippen LogP contribution in [-0.2, 0) is 9.47 Å². The standard InChI is InChI=1S/C4H2F3NO2/c5-4(6,7)10-3-1-8-2-9-3/h2-3H. The van der Waals surface area contributed by atoms with E-state index in [9.17, 15) is 13.2 Å². The molecule has 0 saturated heterocycles. The first-order valence-electron chi connectivity index (χ1n) is 2.25. The zero-order chi connectivity index (χ0) is 7.61. The highest BCUT2D eigenvalue weighted by Crippen LogP contribution is 2.21. The molecular weight excluding hydrogens is 151 g/mol. The molecule has 2 radical (unpaired) electrons. The second-order valence-corrected chi connectivity index (χ2v) is 1.40. The lowest BCUT2D eigenvalue weighted by Crippen LogP contribution is -2.23. The Morgan fingerprint density at radius 3 is 2.70 bits per heavy atom. The Morgan fingerprint density at radius 1 is 1.60 bits per heavy atom. The van der Waals surface area contributed by atoms with Crippen molar-refractivity contribution in [1.82, 2.24) is 0 Å². The maximum Gasteiger partial charge on any atom is 0.525 e. The van der Waals surface area contributed by atoms with Crippen LogP contribution in [0.2, 0.25) is 0 Å². The molecule has 1 rings (SSSR count). The third-order valence-electron chi connectivity index (χ3n) is 0.658. The van der Waals surface area contributed by atoms with Crippen molar-refractivity contribution < 1.29 is 22.6 Å². The molecule has 1 aliphatic heterocycles. The van der Waals surface area contributed by atoms with Gasteiger partial charge in [0.05, 0.1) is 0 Å². The molecule has 0 aromatic heterocycles. The molecule has 0 spiro atoms. The van der Waals surface area contributed by atoms with Gasteiger partial charge < -0.3 is 4.74 Å². The van der Waals surface area contributed by atoms with Crippen molar-refractivity contribution >= 4 is 6.40 Å². The van der Waals surface area contributed by atoms with E-state index in [1.54, 1.807) is 0 Å². The number of hydrogen-bond donors (Lipinski definition) is 0. The van der Waals surface area contributed by atoms with E-state index < -0.39 is 12.7 Å². The lowest BCUT2D eigenvalue weighted by Gasteiger charge is -2.10. The predicted octanol–water partition coefficient (Wildman–Crippen LogP) is 0.946. The molecule has 1 atom stereocenters. The monoisotopic (exact) mass is 153 g/mol. The molecule has 1 unspecified atom stereocenters. The highest BCUT2D eigenvalue weighted by atomic mass is 19.4. The molecule has 0 aromatic carbocycles. The van der Waals surface area contributed by atoms with Gasteiger partial charge in [-0.05, 0) is 0 Å². The lowest BCUT2D eigenvalue weighted by atomic mass is 10.7. The SMILES string of the molecule is FC(F)(F)OC1[C]N=CO1. The average molecular weight is 153 g/mol. The topological polar surface area (TPSA) is 30.8 Å². The summed E-state index contributed by atoms with van der Waals surface area (Å²) in [4.78, 5) is 3.13. The van der Waals surface area contributed by atoms with E-state index >= 15 is 0 Å². The summed E-state index contributed by atoms with van der Waals surface area (Å²) < 4.78 is 41.5. The fourth-order valence-electron chi connectivity index (χ4n) is 0.383. The molecule has 6 heteroatoms. The lowest BCUT2D eigenvalue weighted by molar-refractivity contribution is -0.360. The molecule has 3 nitrogen and oxygen atoms in total. The minimum absolute atomic E-state index is 0.830. The van der Waals surface area contributed by atoms with Crippen LogP contribution in [0.3, 0.4) is 0 Å². The highest BCUT2D eigenvalue weighted by molar-refractivity contribution is 5.49. The Labute approximate surface area is 54.4 Å². The molecule has 0 bridgehead atoms. The van der Waals surface area contributed by atoms with E-state index in [0.717, 1.165) is 6.40 Å². The van der Waals surface area contributed by atoms with Crippen LogP contribution in [0, 0.1) is 6.54 Å². The summed E-state index contributed by atoms with van der Waals surface area (Å²) in [5.41, 5.74) is 0. The molecule has 56 valence electrons. The Bertz CT molecular complexity index is 136. The molecule has 1 aliphatic rings. The van der Waals surface area contributed by atoms with E-state index in [1.165, 1.54) is 0 Å². The summed E-state index contributed by atoms with van der Waals surface area (Å²) in [5, 5.41) is 0. The van der Waals surface area contributed by atoms with Crippen molar-refractivity contribution in [2.75, 3.05) is 0 Å². The summed E-state index contributed by atoms with van der Waals surface area (Å²) >= 11 is 0. The summed E-state index contributed by atoms with van der Waals surface area (Å²) in [6.45, 7) is 1.92. The first-order valence-corrected chi connectivity index (χ1v) is 2.25. The van der Waals surface area contributed by atoms with Crippen LogP contribution in [0.15, 0.2) is 4.99 Å². The quantitative estimate of drug-likeness (QED) is 0.561. The van der Waals surface area contributed by atoms with Crippen molar-refractivity contribution in [2.24, 2.45) is 4.99 Å². The van der Waals surface area contributed by atoms with E-state index in [4.69, 9.17) is 0 Å². The first kappa shape index (κ1) is 7.33. The van der Waals surface area contributed by atoms with Gasteiger partial charge in [0.15, 0.2) is 12.9 Å². The van der Waals surface area contributed by atoms with Crippen LogP contribution in [-0.4, -0.2) is 19.1 Å². The summed E-state index contributed by atoms with van der Waals surface area (Å²) in [6.07, 6.45) is -5.41. The van der Waals surface area contributed by atoms with Crippen molar-refractivity contribution in [2.45, 2.75) is 12.7 Å². The van der Waals surface area contributed by atoms with Gasteiger partial charge in [0.1, 0.15) is 0 Å². The largest absolute Gasteiger partial charge is 0.525 e. The zero-order valence-corrected chi connectivity index (χ0v) is 4.55. The Morgan fingerprint density at radius 2 is 2.30 bits per heavy atom. The first-order chi connectivity index (χ1) is 4.58. The second-order valence-electron chi connectivity index (χ2n) is 1.40. The van der Waals surface area contributed by atoms with Gasteiger partial charge in [-0.25, -0.2) is 9.73 Å². The van der Waals surface area contributed by atoms with Crippen molar-refractivity contribution in [1.29, 1.82) is 0 Å². The third-order valence-corrected chi connectivity index (χ3v) is 0.658. The second kappa shape index (κ2) is 2.45. The maximum atomic E-state index is 11.3. The highest BCUT2D eigenvalue weighted by Gasteiger charge is 2.35. The van der Waals surface area contributed by atoms with Crippen molar-refractivity contribution in [3.8, 4) is 0 Å². The Balaban J connectivity index is 2.26. The summed E-state index contributed by atoms with van der Waals surface area (Å²) in [6, 6.07) is 0. The number of ether oxygens (including phenoxy) is 2. The fraction of sp³-hybridized carbons (Fsp3) is 0.500. The van der Waals surface area contributed by atoms with Gasteiger partial charge in [-0.3, -0.25) is 0 Å². The number of alkyl halides is 3. The van der Waals surface area contributed by atoms with Gasteiger partial charge in [0.2, 0.25) is 6.29 Å². The van der Waals surface area contributed by atoms with E-state index in [-0.39, 0.29) is 0 Å². The molecule has 10 heavy (non-hydrogen) atoms. The number of aliphatic imine (C=N–C) groups is 1. The maximum absolute atomic E-state index is 11.3. The van der Waals surface area contributed by atoms with Gasteiger partial charge in [-0.1, -0.05) is 0 Å². The minimum Gasteiger partial charge on any atom is -0.452 e. The minimum atomic E-state index is -4.70. The number of nitrogens with zero attached hydrogens (tertiary/aromatic N) is 1. The van der Waals surface area contributed by atoms with Crippen molar-refractivity contribution in [3.05, 3.63) is 6.54 Å². The van der Waals surface area contributed by atoms with Gasteiger partial charge in [0, 0.05) is 0 Å². The van der Waals surface area contributed by atoms with Crippen LogP contribution >= 0.6 is 0 Å². The Hall–Kier alpha value is -0.780. The molecule has 0 amide bonds. The molecule has 0 aromatic rings. The van der Waals surface area contributed by atoms with Crippen LogP contribution in [0.5, 0.6) is 0 Å². The van der Waals surface area contributed by atoms with E-state index in [0.29, 0.717) is 0 Å². The van der Waals surface area contributed by atoms with Gasteiger partial charge >= 0.3 is 6.36 Å². The number of halogens is 3.